The maximum atomic E-state index is 9.13. The van der Waals surface area contributed by atoms with Gasteiger partial charge in [-0.1, -0.05) is 13.0 Å². The van der Waals surface area contributed by atoms with E-state index in [1.807, 2.05) is 6.92 Å². The fourth-order valence-corrected chi connectivity index (χ4v) is 0.925. The second kappa shape index (κ2) is 6.31. The molecule has 0 fully saturated rings. The number of aromatic hydroxyl groups is 2. The Morgan fingerprint density at radius 3 is 1.77 bits per heavy atom. The number of phenols is 2. The zero-order valence-corrected chi connectivity index (χ0v) is 8.24. The highest BCUT2D eigenvalue weighted by molar-refractivity contribution is 5.42. The first-order valence-electron chi connectivity index (χ1n) is 4.07. The van der Waals surface area contributed by atoms with Crippen molar-refractivity contribution in [1.29, 1.82) is 0 Å². The van der Waals surface area contributed by atoms with Crippen molar-refractivity contribution >= 4 is 0 Å². The summed E-state index contributed by atoms with van der Waals surface area (Å²) in [6.07, 6.45) is 0.651. The summed E-state index contributed by atoms with van der Waals surface area (Å²) in [4.78, 5) is 0. The summed E-state index contributed by atoms with van der Waals surface area (Å²) in [7, 11) is 3.25. The Bertz CT molecular complexity index is 226. The van der Waals surface area contributed by atoms with E-state index < -0.39 is 0 Å². The lowest BCUT2D eigenvalue weighted by Gasteiger charge is -2.01. The van der Waals surface area contributed by atoms with Crippen LogP contribution in [0.5, 0.6) is 11.5 Å². The van der Waals surface area contributed by atoms with E-state index in [0.29, 0.717) is 12.0 Å². The molecule has 1 aromatic rings. The molecule has 0 spiro atoms. The summed E-state index contributed by atoms with van der Waals surface area (Å²) < 4.78 is 4.25. The lowest BCUT2D eigenvalue weighted by molar-refractivity contribution is 0.277. The number of rotatable bonds is 1. The Labute approximate surface area is 78.6 Å². The van der Waals surface area contributed by atoms with Gasteiger partial charge in [0.25, 0.3) is 0 Å². The molecule has 0 saturated heterocycles. The van der Waals surface area contributed by atoms with E-state index in [1.165, 1.54) is 0 Å². The van der Waals surface area contributed by atoms with E-state index >= 15 is 0 Å². The number of benzene rings is 1. The van der Waals surface area contributed by atoms with Crippen molar-refractivity contribution < 1.29 is 14.9 Å². The quantitative estimate of drug-likeness (QED) is 0.701. The molecule has 0 heterocycles. The molecule has 1 aromatic carbocycles. The van der Waals surface area contributed by atoms with E-state index in [4.69, 9.17) is 10.2 Å². The van der Waals surface area contributed by atoms with Crippen LogP contribution < -0.4 is 0 Å². The molecule has 3 nitrogen and oxygen atoms in total. The minimum atomic E-state index is 0.169. The molecule has 1 rings (SSSR count). The van der Waals surface area contributed by atoms with E-state index in [2.05, 4.69) is 4.74 Å². The van der Waals surface area contributed by atoms with E-state index in [0.717, 1.165) is 0 Å². The fraction of sp³-hybridized carbons (Fsp3) is 0.400. The third-order valence-electron chi connectivity index (χ3n) is 1.48. The summed E-state index contributed by atoms with van der Waals surface area (Å²) in [5, 5.41) is 18.3. The van der Waals surface area contributed by atoms with Gasteiger partial charge < -0.3 is 14.9 Å². The average Bonchev–Trinajstić information content (AvgIpc) is 2.06. The van der Waals surface area contributed by atoms with Gasteiger partial charge in [-0.15, -0.1) is 0 Å². The molecule has 0 unspecified atom stereocenters. The molecule has 0 aliphatic carbocycles. The number of methoxy groups -OCH3 is 1. The van der Waals surface area contributed by atoms with Crippen LogP contribution in [0.4, 0.5) is 0 Å². The second-order valence-electron chi connectivity index (χ2n) is 2.54. The lowest BCUT2D eigenvalue weighted by Crippen LogP contribution is -1.81. The van der Waals surface area contributed by atoms with Gasteiger partial charge in [0.2, 0.25) is 0 Å². The first-order valence-corrected chi connectivity index (χ1v) is 4.07. The largest absolute Gasteiger partial charge is 0.508 e. The number of hydrogen-bond acceptors (Lipinski definition) is 3. The maximum absolute atomic E-state index is 9.13. The van der Waals surface area contributed by atoms with Crippen LogP contribution >= 0.6 is 0 Å². The summed E-state index contributed by atoms with van der Waals surface area (Å²) in [6, 6.07) is 4.75. The molecule has 13 heavy (non-hydrogen) atoms. The first kappa shape index (κ1) is 11.8. The third kappa shape index (κ3) is 3.80. The molecule has 0 bridgehead atoms. The van der Waals surface area contributed by atoms with Gasteiger partial charge in [0.05, 0.1) is 0 Å². The summed E-state index contributed by atoms with van der Waals surface area (Å²) in [5.74, 6) is 0.338. The highest BCUT2D eigenvalue weighted by Gasteiger charge is 2.01. The summed E-state index contributed by atoms with van der Waals surface area (Å²) in [6.45, 7) is 1.88. The van der Waals surface area contributed by atoms with E-state index in [1.54, 1.807) is 32.4 Å². The smallest absolute Gasteiger partial charge is 0.122 e. The Morgan fingerprint density at radius 1 is 1.15 bits per heavy atom. The minimum Gasteiger partial charge on any atom is -0.508 e. The predicted octanol–water partition coefficient (Wildman–Crippen LogP) is 1.92. The number of hydrogen-bond donors (Lipinski definition) is 2. The average molecular weight is 184 g/mol. The van der Waals surface area contributed by atoms with Gasteiger partial charge in [0.15, 0.2) is 0 Å². The monoisotopic (exact) mass is 184 g/mol. The van der Waals surface area contributed by atoms with Gasteiger partial charge >= 0.3 is 0 Å². The van der Waals surface area contributed by atoms with Crippen molar-refractivity contribution in [3.63, 3.8) is 0 Å². The zero-order chi connectivity index (χ0) is 10.3. The van der Waals surface area contributed by atoms with Gasteiger partial charge in [0, 0.05) is 19.8 Å². The Morgan fingerprint density at radius 2 is 1.54 bits per heavy atom. The van der Waals surface area contributed by atoms with Gasteiger partial charge in [-0.25, -0.2) is 0 Å². The zero-order valence-electron chi connectivity index (χ0n) is 8.24. The van der Waals surface area contributed by atoms with Gasteiger partial charge in [0.1, 0.15) is 11.5 Å². The van der Waals surface area contributed by atoms with Crippen LogP contribution in [0.2, 0.25) is 0 Å². The third-order valence-corrected chi connectivity index (χ3v) is 1.48. The molecular formula is C10H16O3. The lowest BCUT2D eigenvalue weighted by atomic mass is 10.1. The predicted molar refractivity (Wildman–Crippen MR) is 52.1 cm³/mol. The molecule has 3 heteroatoms. The Hall–Kier alpha value is -1.22. The number of phenolic OH excluding ortho intramolecular Hbond substituents is 2. The van der Waals surface area contributed by atoms with Gasteiger partial charge in [-0.3, -0.25) is 0 Å². The van der Waals surface area contributed by atoms with Crippen LogP contribution in [-0.2, 0) is 11.2 Å². The molecule has 0 saturated carbocycles. The van der Waals surface area contributed by atoms with Gasteiger partial charge in [-0.05, 0) is 18.6 Å². The molecule has 0 atom stereocenters. The highest BCUT2D eigenvalue weighted by atomic mass is 16.4. The van der Waals surface area contributed by atoms with Crippen LogP contribution in [0.25, 0.3) is 0 Å². The number of ether oxygens (including phenoxy) is 1. The topological polar surface area (TPSA) is 49.7 Å². The SMILES string of the molecule is CCc1c(O)cccc1O.COC. The van der Waals surface area contributed by atoms with Crippen molar-refractivity contribution in [1.82, 2.24) is 0 Å². The molecule has 0 amide bonds. The van der Waals surface area contributed by atoms with Crippen molar-refractivity contribution in [2.75, 3.05) is 14.2 Å². The first-order chi connectivity index (χ1) is 6.17. The minimum absolute atomic E-state index is 0.169. The summed E-state index contributed by atoms with van der Waals surface area (Å²) >= 11 is 0. The molecule has 2 N–H and O–H groups in total. The fourth-order valence-electron chi connectivity index (χ4n) is 0.925. The van der Waals surface area contributed by atoms with E-state index in [-0.39, 0.29) is 11.5 Å². The normalized spacial score (nSPS) is 8.85. The van der Waals surface area contributed by atoms with Crippen molar-refractivity contribution in [3.8, 4) is 11.5 Å². The maximum Gasteiger partial charge on any atom is 0.122 e. The van der Waals surface area contributed by atoms with Crippen LogP contribution in [0.15, 0.2) is 18.2 Å². The van der Waals surface area contributed by atoms with Crippen molar-refractivity contribution in [3.05, 3.63) is 23.8 Å². The van der Waals surface area contributed by atoms with Crippen molar-refractivity contribution in [2.45, 2.75) is 13.3 Å². The molecule has 0 radical (unpaired) electrons. The van der Waals surface area contributed by atoms with Crippen molar-refractivity contribution in [2.24, 2.45) is 0 Å². The molecule has 74 valence electrons. The van der Waals surface area contributed by atoms with Gasteiger partial charge in [-0.2, -0.15) is 0 Å². The Kier molecular flexibility index (Phi) is 5.72. The standard InChI is InChI=1S/C8H10O2.C2H6O/c1-2-6-7(9)4-3-5-8(6)10;1-3-2/h3-5,9-10H,2H2,1H3;1-2H3. The van der Waals surface area contributed by atoms with Crippen LogP contribution in [0, 0.1) is 0 Å². The molecular weight excluding hydrogens is 168 g/mol. The van der Waals surface area contributed by atoms with Crippen LogP contribution in [-0.4, -0.2) is 24.4 Å². The molecule has 0 aromatic heterocycles. The summed E-state index contributed by atoms with van der Waals surface area (Å²) in [5.41, 5.74) is 0.613. The highest BCUT2D eigenvalue weighted by Crippen LogP contribution is 2.25. The molecule has 0 aliphatic heterocycles. The Balaban J connectivity index is 0.000000424. The van der Waals surface area contributed by atoms with E-state index in [9.17, 15) is 0 Å². The van der Waals surface area contributed by atoms with Crippen LogP contribution in [0.3, 0.4) is 0 Å². The second-order valence-corrected chi connectivity index (χ2v) is 2.54. The molecule has 0 aliphatic rings. The van der Waals surface area contributed by atoms with Crippen LogP contribution in [0.1, 0.15) is 12.5 Å².